The zero-order valence-electron chi connectivity index (χ0n) is 15.7. The highest BCUT2D eigenvalue weighted by Crippen LogP contribution is 2.25. The first kappa shape index (κ1) is 20.7. The van der Waals surface area contributed by atoms with E-state index in [-0.39, 0.29) is 13.2 Å². The summed E-state index contributed by atoms with van der Waals surface area (Å²) in [5.41, 5.74) is 0.617. The number of carbonyl (C=O) groups is 2. The summed E-state index contributed by atoms with van der Waals surface area (Å²) in [6, 6.07) is 16.7. The molecule has 0 saturated carbocycles. The molecule has 7 heteroatoms. The van der Waals surface area contributed by atoms with Crippen molar-refractivity contribution in [2.75, 3.05) is 13.2 Å². The van der Waals surface area contributed by atoms with Crippen LogP contribution in [0.25, 0.3) is 0 Å². The van der Waals surface area contributed by atoms with E-state index in [0.29, 0.717) is 11.1 Å². The summed E-state index contributed by atoms with van der Waals surface area (Å²) in [5.74, 6) is -1.30. The fraction of sp³-hybridized carbons (Fsp3) is 0.273. The minimum absolute atomic E-state index is 0.125. The fourth-order valence-corrected chi connectivity index (χ4v) is 2.86. The highest BCUT2D eigenvalue weighted by molar-refractivity contribution is 5.90. The van der Waals surface area contributed by atoms with Crippen LogP contribution < -0.4 is 0 Å². The molecular formula is C22H22O7. The number of aliphatic hydroxyl groups excluding tert-OH is 1. The minimum Gasteiger partial charge on any atom is -0.452 e. The molecular weight excluding hydrogens is 376 g/mol. The van der Waals surface area contributed by atoms with Crippen molar-refractivity contribution in [3.63, 3.8) is 0 Å². The molecule has 0 spiro atoms. The molecule has 1 aliphatic heterocycles. The van der Waals surface area contributed by atoms with Gasteiger partial charge in [-0.3, -0.25) is 0 Å². The van der Waals surface area contributed by atoms with Crippen LogP contribution in [0.5, 0.6) is 0 Å². The van der Waals surface area contributed by atoms with Crippen molar-refractivity contribution in [1.82, 2.24) is 0 Å². The highest BCUT2D eigenvalue weighted by Gasteiger charge is 2.46. The summed E-state index contributed by atoms with van der Waals surface area (Å²) in [7, 11) is 0. The Bertz CT molecular complexity index is 822. The molecule has 0 radical (unpaired) electrons. The van der Waals surface area contributed by atoms with Crippen LogP contribution in [0.4, 0.5) is 0 Å². The van der Waals surface area contributed by atoms with E-state index < -0.39 is 36.5 Å². The Labute approximate surface area is 168 Å². The third-order valence-electron chi connectivity index (χ3n) is 4.29. The molecule has 1 N–H and O–H groups in total. The Morgan fingerprint density at radius 2 is 1.48 bits per heavy atom. The van der Waals surface area contributed by atoms with Crippen LogP contribution >= 0.6 is 0 Å². The average molecular weight is 398 g/mol. The second-order valence-electron chi connectivity index (χ2n) is 6.36. The maximum Gasteiger partial charge on any atom is 0.338 e. The highest BCUT2D eigenvalue weighted by atomic mass is 16.7. The summed E-state index contributed by atoms with van der Waals surface area (Å²) < 4.78 is 22.0. The maximum absolute atomic E-state index is 12.6. The van der Waals surface area contributed by atoms with Crippen molar-refractivity contribution in [1.29, 1.82) is 0 Å². The molecule has 0 aromatic heterocycles. The topological polar surface area (TPSA) is 91.3 Å². The second-order valence-corrected chi connectivity index (χ2v) is 6.36. The van der Waals surface area contributed by atoms with Gasteiger partial charge in [0.25, 0.3) is 0 Å². The third-order valence-corrected chi connectivity index (χ3v) is 4.29. The van der Waals surface area contributed by atoms with Crippen LogP contribution in [0.2, 0.25) is 0 Å². The Morgan fingerprint density at radius 1 is 0.966 bits per heavy atom. The van der Waals surface area contributed by atoms with Gasteiger partial charge in [-0.25, -0.2) is 9.59 Å². The van der Waals surface area contributed by atoms with Crippen LogP contribution in [0.1, 0.15) is 20.7 Å². The molecule has 29 heavy (non-hydrogen) atoms. The van der Waals surface area contributed by atoms with Gasteiger partial charge in [-0.2, -0.15) is 0 Å². The summed E-state index contributed by atoms with van der Waals surface area (Å²) in [4.78, 5) is 25.1. The van der Waals surface area contributed by atoms with E-state index >= 15 is 0 Å². The van der Waals surface area contributed by atoms with Crippen molar-refractivity contribution >= 4 is 11.9 Å². The molecule has 1 fully saturated rings. The Balaban J connectivity index is 1.81. The Morgan fingerprint density at radius 3 is 2.00 bits per heavy atom. The molecule has 152 valence electrons. The third kappa shape index (κ3) is 5.29. The zero-order valence-corrected chi connectivity index (χ0v) is 15.7. The van der Waals surface area contributed by atoms with E-state index in [1.54, 1.807) is 60.7 Å². The molecule has 1 unspecified atom stereocenters. The molecule has 0 aliphatic carbocycles. The number of aliphatic hydroxyl groups is 1. The molecule has 7 nitrogen and oxygen atoms in total. The second kappa shape index (κ2) is 9.97. The van der Waals surface area contributed by atoms with E-state index in [1.807, 2.05) is 0 Å². The molecule has 3 rings (SSSR count). The number of hydrogen-bond acceptors (Lipinski definition) is 7. The molecule has 2 aromatic rings. The maximum atomic E-state index is 12.6. The molecule has 1 saturated heterocycles. The van der Waals surface area contributed by atoms with Gasteiger partial charge in [0, 0.05) is 0 Å². The number of hydrogen-bond donors (Lipinski definition) is 1. The first-order valence-corrected chi connectivity index (χ1v) is 9.14. The monoisotopic (exact) mass is 398 g/mol. The quantitative estimate of drug-likeness (QED) is 0.565. The smallest absolute Gasteiger partial charge is 0.338 e. The summed E-state index contributed by atoms with van der Waals surface area (Å²) in [5, 5.41) is 10.4. The van der Waals surface area contributed by atoms with Gasteiger partial charge in [0.05, 0.1) is 24.3 Å². The first-order valence-electron chi connectivity index (χ1n) is 9.14. The predicted molar refractivity (Wildman–Crippen MR) is 103 cm³/mol. The van der Waals surface area contributed by atoms with Gasteiger partial charge >= 0.3 is 11.9 Å². The fourth-order valence-electron chi connectivity index (χ4n) is 2.86. The van der Waals surface area contributed by atoms with Crippen LogP contribution in [-0.4, -0.2) is 54.9 Å². The van der Waals surface area contributed by atoms with Gasteiger partial charge in [-0.05, 0) is 24.3 Å². The van der Waals surface area contributed by atoms with Crippen LogP contribution in [-0.2, 0) is 18.9 Å². The number of esters is 2. The van der Waals surface area contributed by atoms with Crippen molar-refractivity contribution in [3.05, 3.63) is 84.4 Å². The SMILES string of the molecule is C=CCO[C@@H]1OC[C@@H](O)C(OC(=O)c2ccccc2)[C@@H]1OC(=O)c1ccccc1. The molecule has 1 heterocycles. The number of carbonyl (C=O) groups excluding carboxylic acids is 2. The summed E-state index contributed by atoms with van der Waals surface area (Å²) in [6.45, 7) is 3.56. The van der Waals surface area contributed by atoms with Crippen molar-refractivity contribution in [3.8, 4) is 0 Å². The van der Waals surface area contributed by atoms with E-state index in [2.05, 4.69) is 6.58 Å². The van der Waals surface area contributed by atoms with Gasteiger partial charge in [-0.1, -0.05) is 42.5 Å². The zero-order chi connectivity index (χ0) is 20.6. The van der Waals surface area contributed by atoms with Crippen molar-refractivity contribution < 1.29 is 33.6 Å². The minimum atomic E-state index is -1.19. The van der Waals surface area contributed by atoms with Crippen molar-refractivity contribution in [2.24, 2.45) is 0 Å². The van der Waals surface area contributed by atoms with Crippen molar-refractivity contribution in [2.45, 2.75) is 24.6 Å². The van der Waals surface area contributed by atoms with E-state index in [1.165, 1.54) is 6.08 Å². The predicted octanol–water partition coefficient (Wildman–Crippen LogP) is 2.36. The van der Waals surface area contributed by atoms with Gasteiger partial charge in [0.15, 0.2) is 18.5 Å². The standard InChI is InChI=1S/C22H22O7/c1-2-13-26-22-19(29-21(25)16-11-7-4-8-12-16)18(17(23)14-27-22)28-20(24)15-9-5-3-6-10-15/h2-12,17-19,22-23H,1,13-14H2/t17-,18?,19+,22-/m1/s1. The van der Waals surface area contributed by atoms with E-state index in [0.717, 1.165) is 0 Å². The Kier molecular flexibility index (Phi) is 7.13. The van der Waals surface area contributed by atoms with Gasteiger partial charge < -0.3 is 24.1 Å². The van der Waals surface area contributed by atoms with Gasteiger partial charge in [0.2, 0.25) is 0 Å². The summed E-state index contributed by atoms with van der Waals surface area (Å²) in [6.07, 6.45) is -3.05. The lowest BCUT2D eigenvalue weighted by atomic mass is 10.0. The molecule has 4 atom stereocenters. The lowest BCUT2D eigenvalue weighted by Gasteiger charge is -2.39. The van der Waals surface area contributed by atoms with Crippen LogP contribution in [0.3, 0.4) is 0 Å². The largest absolute Gasteiger partial charge is 0.452 e. The van der Waals surface area contributed by atoms with Gasteiger partial charge in [0.1, 0.15) is 6.10 Å². The molecule has 1 aliphatic rings. The Hall–Kier alpha value is -3.00. The molecule has 0 amide bonds. The normalized spacial score (nSPS) is 23.8. The average Bonchev–Trinajstić information content (AvgIpc) is 2.76. The number of benzene rings is 2. The number of ether oxygens (including phenoxy) is 4. The van der Waals surface area contributed by atoms with E-state index in [9.17, 15) is 14.7 Å². The van der Waals surface area contributed by atoms with E-state index in [4.69, 9.17) is 18.9 Å². The molecule has 2 aromatic carbocycles. The first-order chi connectivity index (χ1) is 14.1. The lowest BCUT2D eigenvalue weighted by molar-refractivity contribution is -0.265. The van der Waals surface area contributed by atoms with Gasteiger partial charge in [-0.15, -0.1) is 6.58 Å². The molecule has 0 bridgehead atoms. The number of rotatable bonds is 7. The summed E-state index contributed by atoms with van der Waals surface area (Å²) >= 11 is 0. The van der Waals surface area contributed by atoms with Crippen LogP contribution in [0.15, 0.2) is 73.3 Å². The van der Waals surface area contributed by atoms with Crippen LogP contribution in [0, 0.1) is 0 Å². The lowest BCUT2D eigenvalue weighted by Crippen LogP contribution is -2.57.